The number of anilines is 1. The van der Waals surface area contributed by atoms with Gasteiger partial charge in [-0.3, -0.25) is 4.79 Å². The van der Waals surface area contributed by atoms with Crippen LogP contribution < -0.4 is 11.1 Å². The molecule has 7 heteroatoms. The zero-order chi connectivity index (χ0) is 14.5. The first-order chi connectivity index (χ1) is 9.54. The molecule has 0 atom stereocenters. The third-order valence-electron chi connectivity index (χ3n) is 2.64. The second-order valence-corrected chi connectivity index (χ2v) is 5.92. The summed E-state index contributed by atoms with van der Waals surface area (Å²) < 4.78 is 0. The molecule has 1 aromatic heterocycles. The molecule has 0 fully saturated rings. The normalized spacial score (nSPS) is 10.5. The number of halogens is 2. The minimum absolute atomic E-state index is 0.0830. The van der Waals surface area contributed by atoms with Crippen molar-refractivity contribution in [3.63, 3.8) is 0 Å². The first-order valence-corrected chi connectivity index (χ1v) is 7.58. The van der Waals surface area contributed by atoms with E-state index in [2.05, 4.69) is 10.3 Å². The summed E-state index contributed by atoms with van der Waals surface area (Å²) in [5.74, 6) is -0.0830. The summed E-state index contributed by atoms with van der Waals surface area (Å²) in [4.78, 5) is 15.7. The van der Waals surface area contributed by atoms with Crippen molar-refractivity contribution in [1.82, 2.24) is 10.3 Å². The average Bonchev–Trinajstić information content (AvgIpc) is 2.77. The topological polar surface area (TPSA) is 68.0 Å². The van der Waals surface area contributed by atoms with Gasteiger partial charge in [-0.1, -0.05) is 29.3 Å². The molecule has 1 aromatic carbocycles. The molecule has 1 amide bonds. The summed E-state index contributed by atoms with van der Waals surface area (Å²) in [7, 11) is 0. The number of nitrogen functional groups attached to an aromatic ring is 1. The van der Waals surface area contributed by atoms with Crippen molar-refractivity contribution < 1.29 is 4.79 Å². The highest BCUT2D eigenvalue weighted by atomic mass is 35.5. The van der Waals surface area contributed by atoms with Gasteiger partial charge in [0.05, 0.1) is 12.1 Å². The minimum atomic E-state index is -0.0830. The Morgan fingerprint density at radius 1 is 1.40 bits per heavy atom. The summed E-state index contributed by atoms with van der Waals surface area (Å²) in [6, 6.07) is 5.33. The lowest BCUT2D eigenvalue weighted by atomic mass is 10.1. The molecule has 3 N–H and O–H groups in total. The second-order valence-electron chi connectivity index (χ2n) is 4.19. The van der Waals surface area contributed by atoms with E-state index in [4.69, 9.17) is 28.9 Å². The Labute approximate surface area is 130 Å². The molecule has 20 heavy (non-hydrogen) atoms. The van der Waals surface area contributed by atoms with Crippen molar-refractivity contribution in [1.29, 1.82) is 0 Å². The van der Waals surface area contributed by atoms with Crippen LogP contribution in [0.3, 0.4) is 0 Å². The van der Waals surface area contributed by atoms with Crippen molar-refractivity contribution in [3.8, 4) is 0 Å². The largest absolute Gasteiger partial charge is 0.375 e. The highest BCUT2D eigenvalue weighted by Gasteiger charge is 2.07. The smallest absolute Gasteiger partial charge is 0.226 e. The van der Waals surface area contributed by atoms with Gasteiger partial charge in [-0.05, 0) is 24.1 Å². The Bertz CT molecular complexity index is 615. The molecule has 0 unspecified atom stereocenters. The molecule has 0 spiro atoms. The molecular weight excluding hydrogens is 317 g/mol. The van der Waals surface area contributed by atoms with Gasteiger partial charge < -0.3 is 11.1 Å². The Morgan fingerprint density at radius 3 is 2.85 bits per heavy atom. The number of hydrogen-bond donors (Lipinski definition) is 2. The number of carbonyl (C=O) groups excluding carboxylic acids is 1. The highest BCUT2D eigenvalue weighted by Crippen LogP contribution is 2.21. The molecule has 2 aromatic rings. The van der Waals surface area contributed by atoms with E-state index in [9.17, 15) is 4.79 Å². The fourth-order valence-corrected chi connectivity index (χ4v) is 2.76. The number of nitrogens with two attached hydrogens (primary N) is 1. The maximum atomic E-state index is 11.7. The third kappa shape index (κ3) is 4.37. The fourth-order valence-electron chi connectivity index (χ4n) is 1.69. The number of thiazole rings is 1. The summed E-state index contributed by atoms with van der Waals surface area (Å²) in [5.41, 5.74) is 7.15. The van der Waals surface area contributed by atoms with Crippen molar-refractivity contribution >= 4 is 45.6 Å². The average molecular weight is 330 g/mol. The molecular formula is C13H13Cl2N3OS. The van der Waals surface area contributed by atoms with E-state index in [0.717, 1.165) is 5.56 Å². The third-order valence-corrected chi connectivity index (χ3v) is 3.95. The Hall–Kier alpha value is -1.30. The van der Waals surface area contributed by atoms with Gasteiger partial charge in [-0.2, -0.15) is 0 Å². The molecule has 0 saturated heterocycles. The Balaban J connectivity index is 1.79. The number of carbonyl (C=O) groups is 1. The van der Waals surface area contributed by atoms with Crippen molar-refractivity contribution in [2.45, 2.75) is 12.8 Å². The van der Waals surface area contributed by atoms with Crippen molar-refractivity contribution in [2.75, 3.05) is 12.3 Å². The quantitative estimate of drug-likeness (QED) is 0.886. The zero-order valence-electron chi connectivity index (χ0n) is 10.5. The van der Waals surface area contributed by atoms with E-state index in [-0.39, 0.29) is 12.3 Å². The summed E-state index contributed by atoms with van der Waals surface area (Å²) in [6.07, 6.45) is 0.892. The molecule has 0 aliphatic heterocycles. The van der Waals surface area contributed by atoms with E-state index < -0.39 is 0 Å². The van der Waals surface area contributed by atoms with Crippen LogP contribution in [-0.2, 0) is 17.6 Å². The van der Waals surface area contributed by atoms with Crippen LogP contribution in [0.5, 0.6) is 0 Å². The van der Waals surface area contributed by atoms with Crippen LogP contribution in [0.25, 0.3) is 0 Å². The fraction of sp³-hybridized carbons (Fsp3) is 0.231. The van der Waals surface area contributed by atoms with Crippen LogP contribution in [0, 0.1) is 0 Å². The minimum Gasteiger partial charge on any atom is -0.375 e. The van der Waals surface area contributed by atoms with E-state index in [0.29, 0.717) is 33.8 Å². The van der Waals surface area contributed by atoms with Gasteiger partial charge in [0, 0.05) is 22.0 Å². The molecule has 0 aliphatic carbocycles. The van der Waals surface area contributed by atoms with Crippen LogP contribution in [0.2, 0.25) is 10.0 Å². The lowest BCUT2D eigenvalue weighted by Gasteiger charge is -2.06. The lowest BCUT2D eigenvalue weighted by molar-refractivity contribution is -0.120. The number of amides is 1. The Morgan fingerprint density at radius 2 is 2.20 bits per heavy atom. The van der Waals surface area contributed by atoms with Gasteiger partial charge in [0.25, 0.3) is 0 Å². The number of nitrogens with one attached hydrogen (secondary N) is 1. The maximum absolute atomic E-state index is 11.7. The second kappa shape index (κ2) is 6.92. The number of aromatic nitrogens is 1. The van der Waals surface area contributed by atoms with Crippen molar-refractivity contribution in [2.24, 2.45) is 0 Å². The summed E-state index contributed by atoms with van der Waals surface area (Å²) in [5, 5.41) is 6.29. The van der Waals surface area contributed by atoms with E-state index in [1.807, 2.05) is 6.07 Å². The lowest BCUT2D eigenvalue weighted by Crippen LogP contribution is -2.27. The Kier molecular flexibility index (Phi) is 5.23. The first-order valence-electron chi connectivity index (χ1n) is 5.95. The molecule has 4 nitrogen and oxygen atoms in total. The van der Waals surface area contributed by atoms with Gasteiger partial charge in [-0.15, -0.1) is 11.3 Å². The van der Waals surface area contributed by atoms with Gasteiger partial charge in [0.1, 0.15) is 0 Å². The van der Waals surface area contributed by atoms with Crippen LogP contribution in [-0.4, -0.2) is 17.4 Å². The predicted molar refractivity (Wildman–Crippen MR) is 83.4 cm³/mol. The van der Waals surface area contributed by atoms with Gasteiger partial charge in [0.2, 0.25) is 5.91 Å². The molecule has 2 rings (SSSR count). The summed E-state index contributed by atoms with van der Waals surface area (Å²) >= 11 is 13.2. The number of nitrogens with zero attached hydrogens (tertiary/aromatic N) is 1. The number of benzene rings is 1. The van der Waals surface area contributed by atoms with Gasteiger partial charge >= 0.3 is 0 Å². The van der Waals surface area contributed by atoms with E-state index in [1.165, 1.54) is 11.3 Å². The maximum Gasteiger partial charge on any atom is 0.226 e. The standard InChI is InChI=1S/C13H13Cl2N3OS/c14-9-2-1-8(11(15)5-9)3-4-17-12(19)6-10-7-20-13(16)18-10/h1-2,5,7H,3-4,6H2,(H2,16,18)(H,17,19). The highest BCUT2D eigenvalue weighted by molar-refractivity contribution is 7.13. The first kappa shape index (κ1) is 15.1. The molecule has 0 saturated carbocycles. The van der Waals surface area contributed by atoms with Gasteiger partial charge in [-0.25, -0.2) is 4.98 Å². The monoisotopic (exact) mass is 329 g/mol. The van der Waals surface area contributed by atoms with E-state index >= 15 is 0 Å². The summed E-state index contributed by atoms with van der Waals surface area (Å²) in [6.45, 7) is 0.514. The molecule has 106 valence electrons. The van der Waals surface area contributed by atoms with Crippen LogP contribution >= 0.6 is 34.5 Å². The predicted octanol–water partition coefficient (Wildman–Crippen LogP) is 2.93. The molecule has 0 aliphatic rings. The molecule has 0 radical (unpaired) electrons. The molecule has 1 heterocycles. The zero-order valence-corrected chi connectivity index (χ0v) is 12.9. The van der Waals surface area contributed by atoms with Gasteiger partial charge in [0.15, 0.2) is 5.13 Å². The number of hydrogen-bond acceptors (Lipinski definition) is 4. The van der Waals surface area contributed by atoms with Crippen LogP contribution in [0.15, 0.2) is 23.6 Å². The van der Waals surface area contributed by atoms with Crippen LogP contribution in [0.1, 0.15) is 11.3 Å². The number of rotatable bonds is 5. The van der Waals surface area contributed by atoms with E-state index in [1.54, 1.807) is 17.5 Å². The van der Waals surface area contributed by atoms with Crippen molar-refractivity contribution in [3.05, 3.63) is 44.9 Å². The SMILES string of the molecule is Nc1nc(CC(=O)NCCc2ccc(Cl)cc2Cl)cs1. The van der Waals surface area contributed by atoms with Crippen LogP contribution in [0.4, 0.5) is 5.13 Å². The molecule has 0 bridgehead atoms.